The maximum Gasteiger partial charge on any atom is 0.339 e. The molecular formula is C21H22N6O4. The van der Waals surface area contributed by atoms with E-state index in [0.29, 0.717) is 56.2 Å². The molecule has 2 fully saturated rings. The number of piperidine rings is 1. The normalized spacial score (nSPS) is 21.5. The predicted octanol–water partition coefficient (Wildman–Crippen LogP) is 0.542. The van der Waals surface area contributed by atoms with Crippen molar-refractivity contribution in [1.82, 2.24) is 15.3 Å². The molecule has 3 aliphatic heterocycles. The van der Waals surface area contributed by atoms with Crippen molar-refractivity contribution in [3.05, 3.63) is 47.2 Å². The molecule has 0 radical (unpaired) electrons. The van der Waals surface area contributed by atoms with Gasteiger partial charge in [-0.1, -0.05) is 18.2 Å². The van der Waals surface area contributed by atoms with Gasteiger partial charge in [-0.3, -0.25) is 9.59 Å². The summed E-state index contributed by atoms with van der Waals surface area (Å²) in [5.41, 5.74) is 6.43. The third-order valence-electron chi connectivity index (χ3n) is 6.12. The van der Waals surface area contributed by atoms with E-state index in [9.17, 15) is 14.4 Å². The second-order valence-electron chi connectivity index (χ2n) is 8.00. The number of anilines is 2. The van der Waals surface area contributed by atoms with E-state index in [0.717, 1.165) is 5.56 Å². The Morgan fingerprint density at radius 2 is 2.00 bits per heavy atom. The molecule has 1 spiro atoms. The molecular weight excluding hydrogens is 400 g/mol. The summed E-state index contributed by atoms with van der Waals surface area (Å²) in [5.74, 6) is -0.349. The Labute approximate surface area is 178 Å². The molecule has 3 aliphatic rings. The minimum atomic E-state index is -0.672. The van der Waals surface area contributed by atoms with Crippen molar-refractivity contribution in [3.8, 4) is 0 Å². The predicted molar refractivity (Wildman–Crippen MR) is 111 cm³/mol. The van der Waals surface area contributed by atoms with Gasteiger partial charge in [-0.15, -0.1) is 0 Å². The number of carbonyl (C=O) groups excluding carboxylic acids is 3. The van der Waals surface area contributed by atoms with Crippen LogP contribution in [-0.4, -0.2) is 53.4 Å². The van der Waals surface area contributed by atoms with E-state index in [-0.39, 0.29) is 17.6 Å². The maximum absolute atomic E-state index is 12.3. The fraction of sp³-hybridized carbons (Fsp3) is 0.381. The number of nitrogens with one attached hydrogen (secondary N) is 2. The van der Waals surface area contributed by atoms with Crippen molar-refractivity contribution in [3.63, 3.8) is 0 Å². The van der Waals surface area contributed by atoms with Crippen molar-refractivity contribution in [2.75, 3.05) is 29.9 Å². The Bertz CT molecular complexity index is 1080. The number of carbonyl (C=O) groups is 3. The van der Waals surface area contributed by atoms with Crippen molar-refractivity contribution in [2.45, 2.75) is 30.9 Å². The molecule has 0 bridgehead atoms. The number of hydrogen-bond donors (Lipinski definition) is 3. The number of rotatable bonds is 4. The van der Waals surface area contributed by atoms with Crippen LogP contribution in [0.3, 0.4) is 0 Å². The van der Waals surface area contributed by atoms with E-state index in [1.165, 1.54) is 6.07 Å². The van der Waals surface area contributed by atoms with Crippen LogP contribution in [0.25, 0.3) is 0 Å². The minimum absolute atomic E-state index is 0.0730. The molecule has 2 aromatic rings. The fourth-order valence-electron chi connectivity index (χ4n) is 4.47. The summed E-state index contributed by atoms with van der Waals surface area (Å²) >= 11 is 0. The van der Waals surface area contributed by atoms with Crippen molar-refractivity contribution in [2.24, 2.45) is 5.73 Å². The van der Waals surface area contributed by atoms with Crippen molar-refractivity contribution < 1.29 is 19.1 Å². The summed E-state index contributed by atoms with van der Waals surface area (Å²) in [4.78, 5) is 46.8. The lowest BCUT2D eigenvalue weighted by molar-refractivity contribution is -0.119. The molecule has 10 heteroatoms. The molecule has 4 heterocycles. The standard InChI is InChI=1S/C21H22N6O4/c22-17(28)15-11-16(24-14-5-8-23-18(14)29)26-20(25-15)27-9-6-21(7-10-27)13-4-2-1-3-12(13)19(30)31-21/h1-4,11,14H,5-10H2,(H2,22,28)(H,23,29)(H,24,25,26)/t14-/m0/s1. The number of primary amides is 1. The fourth-order valence-corrected chi connectivity index (χ4v) is 4.47. The van der Waals surface area contributed by atoms with Gasteiger partial charge in [-0.05, 0) is 12.5 Å². The van der Waals surface area contributed by atoms with E-state index >= 15 is 0 Å². The Kier molecular flexibility index (Phi) is 4.49. The maximum atomic E-state index is 12.3. The number of nitrogens with two attached hydrogens (primary N) is 1. The Balaban J connectivity index is 1.38. The number of amides is 2. The third kappa shape index (κ3) is 3.33. The Morgan fingerprint density at radius 3 is 2.71 bits per heavy atom. The summed E-state index contributed by atoms with van der Waals surface area (Å²) < 4.78 is 5.79. The highest BCUT2D eigenvalue weighted by Crippen LogP contribution is 2.44. The van der Waals surface area contributed by atoms with Gasteiger partial charge >= 0.3 is 5.97 Å². The Hall–Kier alpha value is -3.69. The molecule has 1 atom stereocenters. The van der Waals surface area contributed by atoms with E-state index in [4.69, 9.17) is 10.5 Å². The first-order valence-electron chi connectivity index (χ1n) is 10.3. The van der Waals surface area contributed by atoms with Crippen LogP contribution in [0.15, 0.2) is 30.3 Å². The van der Waals surface area contributed by atoms with Gasteiger partial charge in [0.25, 0.3) is 5.91 Å². The highest BCUT2D eigenvalue weighted by Gasteiger charge is 2.47. The number of hydrogen-bond acceptors (Lipinski definition) is 8. The molecule has 0 aliphatic carbocycles. The zero-order valence-electron chi connectivity index (χ0n) is 16.8. The van der Waals surface area contributed by atoms with Gasteiger partial charge in [0.15, 0.2) is 0 Å². The van der Waals surface area contributed by atoms with Crippen LogP contribution in [0.2, 0.25) is 0 Å². The van der Waals surface area contributed by atoms with Crippen LogP contribution in [0.1, 0.15) is 45.7 Å². The molecule has 160 valence electrons. The van der Waals surface area contributed by atoms with Crippen LogP contribution in [0.5, 0.6) is 0 Å². The summed E-state index contributed by atoms with van der Waals surface area (Å²) in [5, 5.41) is 5.82. The van der Waals surface area contributed by atoms with Gasteiger partial charge in [0, 0.05) is 44.1 Å². The monoisotopic (exact) mass is 422 g/mol. The summed E-state index contributed by atoms with van der Waals surface area (Å²) in [7, 11) is 0. The largest absolute Gasteiger partial charge is 0.450 e. The highest BCUT2D eigenvalue weighted by atomic mass is 16.6. The van der Waals surface area contributed by atoms with Crippen LogP contribution >= 0.6 is 0 Å². The molecule has 1 aromatic carbocycles. The summed E-state index contributed by atoms with van der Waals surface area (Å²) in [6, 6.07) is 8.51. The second-order valence-corrected chi connectivity index (χ2v) is 8.00. The second kappa shape index (κ2) is 7.22. The van der Waals surface area contributed by atoms with Gasteiger partial charge in [-0.25, -0.2) is 9.78 Å². The first-order chi connectivity index (χ1) is 14.9. The number of benzene rings is 1. The lowest BCUT2D eigenvalue weighted by atomic mass is 9.84. The smallest absolute Gasteiger partial charge is 0.339 e. The quantitative estimate of drug-likeness (QED) is 0.607. The number of ether oxygens (including phenoxy) is 1. The zero-order valence-corrected chi connectivity index (χ0v) is 16.8. The molecule has 31 heavy (non-hydrogen) atoms. The molecule has 4 N–H and O–H groups in total. The highest BCUT2D eigenvalue weighted by molar-refractivity contribution is 5.95. The minimum Gasteiger partial charge on any atom is -0.450 e. The van der Waals surface area contributed by atoms with Gasteiger partial charge in [-0.2, -0.15) is 4.98 Å². The summed E-state index contributed by atoms with van der Waals surface area (Å²) in [6.45, 7) is 1.66. The number of fused-ring (bicyclic) bond motifs is 2. The molecule has 1 aromatic heterocycles. The average molecular weight is 422 g/mol. The average Bonchev–Trinajstić information content (AvgIpc) is 3.29. The lowest BCUT2D eigenvalue weighted by Gasteiger charge is -2.38. The van der Waals surface area contributed by atoms with E-state index < -0.39 is 17.6 Å². The molecule has 0 unspecified atom stereocenters. The third-order valence-corrected chi connectivity index (χ3v) is 6.12. The molecule has 2 saturated heterocycles. The molecule has 0 saturated carbocycles. The SMILES string of the molecule is NC(=O)c1cc(N[C@H]2CCNC2=O)nc(N2CCC3(CC2)OC(=O)c2ccccc23)n1. The first kappa shape index (κ1) is 19.3. The van der Waals surface area contributed by atoms with Crippen molar-refractivity contribution in [1.29, 1.82) is 0 Å². The Morgan fingerprint density at radius 1 is 1.23 bits per heavy atom. The van der Waals surface area contributed by atoms with Gasteiger partial charge < -0.3 is 26.0 Å². The van der Waals surface area contributed by atoms with Crippen LogP contribution in [0.4, 0.5) is 11.8 Å². The summed E-state index contributed by atoms with van der Waals surface area (Å²) in [6.07, 6.45) is 1.78. The number of aromatic nitrogens is 2. The van der Waals surface area contributed by atoms with Crippen LogP contribution < -0.4 is 21.3 Å². The van der Waals surface area contributed by atoms with Gasteiger partial charge in [0.05, 0.1) is 5.56 Å². The first-order valence-corrected chi connectivity index (χ1v) is 10.3. The van der Waals surface area contributed by atoms with Gasteiger partial charge in [0.1, 0.15) is 23.2 Å². The van der Waals surface area contributed by atoms with Crippen molar-refractivity contribution >= 4 is 29.5 Å². The molecule has 2 amide bonds. The van der Waals surface area contributed by atoms with E-state index in [2.05, 4.69) is 20.6 Å². The number of esters is 1. The number of nitrogens with zero attached hydrogens (tertiary/aromatic N) is 3. The lowest BCUT2D eigenvalue weighted by Crippen LogP contribution is -2.43. The zero-order chi connectivity index (χ0) is 21.6. The topological polar surface area (TPSA) is 140 Å². The van der Waals surface area contributed by atoms with E-state index in [1.807, 2.05) is 23.1 Å². The van der Waals surface area contributed by atoms with Crippen LogP contribution in [0, 0.1) is 0 Å². The molecule has 10 nitrogen and oxygen atoms in total. The van der Waals surface area contributed by atoms with E-state index in [1.54, 1.807) is 6.07 Å². The van der Waals surface area contributed by atoms with Crippen LogP contribution in [-0.2, 0) is 15.1 Å². The van der Waals surface area contributed by atoms with Gasteiger partial charge in [0.2, 0.25) is 11.9 Å². The molecule has 5 rings (SSSR count).